The van der Waals surface area contributed by atoms with E-state index in [1.807, 2.05) is 6.20 Å². The fourth-order valence-electron chi connectivity index (χ4n) is 1.39. The van der Waals surface area contributed by atoms with Crippen LogP contribution >= 0.6 is 0 Å². The SMILES string of the molecule is CC1=CC(CC(C)CN)NC=C1. The van der Waals surface area contributed by atoms with E-state index >= 15 is 0 Å². The maximum Gasteiger partial charge on any atom is 0.0447 e. The van der Waals surface area contributed by atoms with E-state index in [4.69, 9.17) is 5.73 Å². The minimum atomic E-state index is 0.480. The summed E-state index contributed by atoms with van der Waals surface area (Å²) in [6.45, 7) is 5.08. The highest BCUT2D eigenvalue weighted by molar-refractivity contribution is 5.22. The summed E-state index contributed by atoms with van der Waals surface area (Å²) in [7, 11) is 0. The first-order valence-electron chi connectivity index (χ1n) is 4.53. The zero-order valence-electron chi connectivity index (χ0n) is 7.88. The lowest BCUT2D eigenvalue weighted by atomic mass is 9.99. The van der Waals surface area contributed by atoms with Crippen LogP contribution in [0.5, 0.6) is 0 Å². The molecule has 0 saturated heterocycles. The van der Waals surface area contributed by atoms with Gasteiger partial charge in [-0.3, -0.25) is 0 Å². The first-order chi connectivity index (χ1) is 5.72. The summed E-state index contributed by atoms with van der Waals surface area (Å²) in [6, 6.07) is 0.480. The summed E-state index contributed by atoms with van der Waals surface area (Å²) in [5.74, 6) is 0.595. The zero-order valence-corrected chi connectivity index (χ0v) is 7.88. The van der Waals surface area contributed by atoms with E-state index in [2.05, 4.69) is 31.3 Å². The molecule has 2 unspecified atom stereocenters. The third-order valence-corrected chi connectivity index (χ3v) is 2.18. The highest BCUT2D eigenvalue weighted by Gasteiger charge is 2.09. The number of nitrogens with two attached hydrogens (primary N) is 1. The van der Waals surface area contributed by atoms with E-state index in [0.717, 1.165) is 13.0 Å². The van der Waals surface area contributed by atoms with E-state index in [1.54, 1.807) is 0 Å². The topological polar surface area (TPSA) is 38.0 Å². The van der Waals surface area contributed by atoms with Crippen molar-refractivity contribution in [2.45, 2.75) is 26.3 Å². The molecule has 0 radical (unpaired) electrons. The molecule has 0 amide bonds. The Labute approximate surface area is 74.5 Å². The second-order valence-electron chi connectivity index (χ2n) is 3.59. The molecule has 0 spiro atoms. The van der Waals surface area contributed by atoms with Crippen molar-refractivity contribution in [2.75, 3.05) is 6.54 Å². The van der Waals surface area contributed by atoms with Crippen LogP contribution in [0, 0.1) is 5.92 Å². The number of allylic oxidation sites excluding steroid dienone is 2. The zero-order chi connectivity index (χ0) is 8.97. The van der Waals surface area contributed by atoms with Crippen molar-refractivity contribution in [2.24, 2.45) is 11.7 Å². The van der Waals surface area contributed by atoms with Gasteiger partial charge in [-0.2, -0.15) is 0 Å². The van der Waals surface area contributed by atoms with Gasteiger partial charge in [0.05, 0.1) is 0 Å². The third kappa shape index (κ3) is 2.70. The summed E-state index contributed by atoms with van der Waals surface area (Å²) >= 11 is 0. The van der Waals surface area contributed by atoms with Gasteiger partial charge in [0.15, 0.2) is 0 Å². The molecule has 1 rings (SSSR count). The van der Waals surface area contributed by atoms with Gasteiger partial charge in [-0.05, 0) is 38.1 Å². The van der Waals surface area contributed by atoms with Gasteiger partial charge in [-0.25, -0.2) is 0 Å². The fraction of sp³-hybridized carbons (Fsp3) is 0.600. The molecule has 2 atom stereocenters. The standard InChI is InChI=1S/C10H18N2/c1-8-3-4-12-10(5-8)6-9(2)7-11/h3-5,9-10,12H,6-7,11H2,1-2H3. The summed E-state index contributed by atoms with van der Waals surface area (Å²) < 4.78 is 0. The largest absolute Gasteiger partial charge is 0.385 e. The van der Waals surface area contributed by atoms with E-state index in [0.29, 0.717) is 12.0 Å². The molecule has 0 bridgehead atoms. The van der Waals surface area contributed by atoms with Crippen molar-refractivity contribution in [1.29, 1.82) is 0 Å². The van der Waals surface area contributed by atoms with Gasteiger partial charge >= 0.3 is 0 Å². The van der Waals surface area contributed by atoms with Crippen LogP contribution in [0.2, 0.25) is 0 Å². The minimum absolute atomic E-state index is 0.480. The van der Waals surface area contributed by atoms with Gasteiger partial charge in [0.1, 0.15) is 0 Å². The lowest BCUT2D eigenvalue weighted by Crippen LogP contribution is -2.28. The molecule has 1 heterocycles. The molecule has 2 nitrogen and oxygen atoms in total. The highest BCUT2D eigenvalue weighted by atomic mass is 14.9. The lowest BCUT2D eigenvalue weighted by Gasteiger charge is -2.20. The monoisotopic (exact) mass is 166 g/mol. The van der Waals surface area contributed by atoms with E-state index in [-0.39, 0.29) is 0 Å². The molecule has 0 aromatic rings. The van der Waals surface area contributed by atoms with Gasteiger partial charge in [0, 0.05) is 6.04 Å². The molecule has 1 aliphatic heterocycles. The van der Waals surface area contributed by atoms with E-state index in [1.165, 1.54) is 5.57 Å². The number of rotatable bonds is 3. The normalized spacial score (nSPS) is 24.6. The summed E-state index contributed by atoms with van der Waals surface area (Å²) in [4.78, 5) is 0. The number of dihydropyridines is 1. The summed E-state index contributed by atoms with van der Waals surface area (Å²) in [5.41, 5.74) is 6.89. The lowest BCUT2D eigenvalue weighted by molar-refractivity contribution is 0.481. The Bertz CT molecular complexity index is 194. The first-order valence-corrected chi connectivity index (χ1v) is 4.53. The summed E-state index contributed by atoms with van der Waals surface area (Å²) in [5, 5.41) is 3.30. The Kier molecular flexibility index (Phi) is 3.35. The van der Waals surface area contributed by atoms with Gasteiger partial charge in [-0.15, -0.1) is 0 Å². The molecule has 2 heteroatoms. The fourth-order valence-corrected chi connectivity index (χ4v) is 1.39. The smallest absolute Gasteiger partial charge is 0.0447 e. The molecular weight excluding hydrogens is 148 g/mol. The van der Waals surface area contributed by atoms with Crippen molar-refractivity contribution in [3.63, 3.8) is 0 Å². The predicted molar refractivity (Wildman–Crippen MR) is 52.7 cm³/mol. The molecule has 12 heavy (non-hydrogen) atoms. The van der Waals surface area contributed by atoms with Crippen molar-refractivity contribution < 1.29 is 0 Å². The van der Waals surface area contributed by atoms with Crippen LogP contribution in [0.25, 0.3) is 0 Å². The number of hydrogen-bond acceptors (Lipinski definition) is 2. The Morgan fingerprint density at radius 2 is 2.42 bits per heavy atom. The maximum atomic E-state index is 5.56. The molecule has 1 aliphatic rings. The second kappa shape index (κ2) is 4.31. The molecular formula is C10H18N2. The quantitative estimate of drug-likeness (QED) is 0.665. The van der Waals surface area contributed by atoms with Crippen molar-refractivity contribution in [3.05, 3.63) is 23.9 Å². The average Bonchev–Trinajstić information content (AvgIpc) is 2.04. The molecule has 68 valence electrons. The molecule has 0 aliphatic carbocycles. The van der Waals surface area contributed by atoms with Crippen LogP contribution in [0.15, 0.2) is 23.9 Å². The Morgan fingerprint density at radius 3 is 3.00 bits per heavy atom. The van der Waals surface area contributed by atoms with Crippen molar-refractivity contribution in [1.82, 2.24) is 5.32 Å². The van der Waals surface area contributed by atoms with Crippen LogP contribution in [0.1, 0.15) is 20.3 Å². The van der Waals surface area contributed by atoms with Crippen LogP contribution < -0.4 is 11.1 Å². The molecule has 0 saturated carbocycles. The average molecular weight is 166 g/mol. The van der Waals surface area contributed by atoms with E-state index < -0.39 is 0 Å². The van der Waals surface area contributed by atoms with Crippen LogP contribution in [0.4, 0.5) is 0 Å². The van der Waals surface area contributed by atoms with Crippen LogP contribution in [-0.4, -0.2) is 12.6 Å². The van der Waals surface area contributed by atoms with Crippen molar-refractivity contribution >= 4 is 0 Å². The molecule has 0 aromatic heterocycles. The van der Waals surface area contributed by atoms with Crippen LogP contribution in [-0.2, 0) is 0 Å². The van der Waals surface area contributed by atoms with E-state index in [9.17, 15) is 0 Å². The molecule has 0 fully saturated rings. The number of hydrogen-bond donors (Lipinski definition) is 2. The first kappa shape index (κ1) is 9.33. The molecule has 3 N–H and O–H groups in total. The van der Waals surface area contributed by atoms with Crippen LogP contribution in [0.3, 0.4) is 0 Å². The predicted octanol–water partition coefficient (Wildman–Crippen LogP) is 1.40. The van der Waals surface area contributed by atoms with Gasteiger partial charge in [-0.1, -0.05) is 18.6 Å². The van der Waals surface area contributed by atoms with Crippen molar-refractivity contribution in [3.8, 4) is 0 Å². The Balaban J connectivity index is 2.39. The Morgan fingerprint density at radius 1 is 1.67 bits per heavy atom. The highest BCUT2D eigenvalue weighted by Crippen LogP contribution is 2.11. The minimum Gasteiger partial charge on any atom is -0.385 e. The third-order valence-electron chi connectivity index (χ3n) is 2.18. The molecule has 0 aromatic carbocycles. The number of nitrogens with one attached hydrogen (secondary N) is 1. The van der Waals surface area contributed by atoms with Gasteiger partial charge in [0.25, 0.3) is 0 Å². The Hall–Kier alpha value is -0.760. The second-order valence-corrected chi connectivity index (χ2v) is 3.59. The van der Waals surface area contributed by atoms with Gasteiger partial charge < -0.3 is 11.1 Å². The summed E-state index contributed by atoms with van der Waals surface area (Å²) in [6.07, 6.45) is 7.48. The maximum absolute atomic E-state index is 5.56. The van der Waals surface area contributed by atoms with Gasteiger partial charge in [0.2, 0.25) is 0 Å².